The number of allylic oxidation sites excluding steroid dienone is 1. The predicted octanol–water partition coefficient (Wildman–Crippen LogP) is 1.16. The van der Waals surface area contributed by atoms with Crippen molar-refractivity contribution in [1.29, 1.82) is 0 Å². The topological polar surface area (TPSA) is 26.0 Å². The molecule has 4 atom stereocenters. The van der Waals surface area contributed by atoms with Crippen LogP contribution in [0.1, 0.15) is 13.8 Å². The third-order valence-corrected chi connectivity index (χ3v) is 2.84. The molecule has 2 aliphatic carbocycles. The molecule has 0 radical (unpaired) electrons. The van der Waals surface area contributed by atoms with Crippen molar-refractivity contribution in [3.05, 3.63) is 12.2 Å². The van der Waals surface area contributed by atoms with Gasteiger partial charge in [0.05, 0.1) is 0 Å². The summed E-state index contributed by atoms with van der Waals surface area (Å²) in [7, 11) is 0. The highest BCUT2D eigenvalue weighted by molar-refractivity contribution is 5.28. The molecule has 9 heavy (non-hydrogen) atoms. The molecular weight excluding hydrogens is 110 g/mol. The highest BCUT2D eigenvalue weighted by Gasteiger charge is 2.56. The largest absolute Gasteiger partial charge is 0.322 e. The minimum Gasteiger partial charge on any atom is -0.322 e. The van der Waals surface area contributed by atoms with Crippen LogP contribution in [0.4, 0.5) is 0 Å². The van der Waals surface area contributed by atoms with Gasteiger partial charge in [-0.1, -0.05) is 19.1 Å². The van der Waals surface area contributed by atoms with Gasteiger partial charge in [-0.15, -0.1) is 0 Å². The van der Waals surface area contributed by atoms with Gasteiger partial charge in [-0.05, 0) is 24.7 Å². The number of fused-ring (bicyclic) bond motifs is 1. The summed E-state index contributed by atoms with van der Waals surface area (Å²) in [6.07, 6.45) is 4.43. The Labute approximate surface area is 55.9 Å². The molecule has 0 saturated heterocycles. The van der Waals surface area contributed by atoms with Gasteiger partial charge < -0.3 is 5.73 Å². The van der Waals surface area contributed by atoms with Crippen LogP contribution in [0.25, 0.3) is 0 Å². The normalized spacial score (nSPS) is 61.9. The van der Waals surface area contributed by atoms with Gasteiger partial charge in [0.15, 0.2) is 0 Å². The Balaban J connectivity index is 2.26. The predicted molar refractivity (Wildman–Crippen MR) is 37.9 cm³/mol. The van der Waals surface area contributed by atoms with E-state index in [1.807, 2.05) is 0 Å². The number of nitrogens with two attached hydrogens (primary N) is 1. The Bertz CT molecular complexity index is 169. The summed E-state index contributed by atoms with van der Waals surface area (Å²) in [6.45, 7) is 4.40. The average Bonchev–Trinajstić information content (AvgIpc) is 2.24. The first-order valence-electron chi connectivity index (χ1n) is 3.61. The Hall–Kier alpha value is -0.300. The van der Waals surface area contributed by atoms with Gasteiger partial charge in [-0.3, -0.25) is 0 Å². The lowest BCUT2D eigenvalue weighted by atomic mass is 9.98. The number of hydrogen-bond acceptors (Lipinski definition) is 1. The van der Waals surface area contributed by atoms with Crippen LogP contribution in [-0.2, 0) is 0 Å². The molecular formula is C8H13N. The molecule has 0 aromatic carbocycles. The zero-order chi connectivity index (χ0) is 6.65. The van der Waals surface area contributed by atoms with E-state index in [1.54, 1.807) is 0 Å². The van der Waals surface area contributed by atoms with Gasteiger partial charge in [0, 0.05) is 5.54 Å². The smallest absolute Gasteiger partial charge is 0.0347 e. The Kier molecular flexibility index (Phi) is 0.755. The van der Waals surface area contributed by atoms with Crippen molar-refractivity contribution in [2.45, 2.75) is 19.4 Å². The summed E-state index contributed by atoms with van der Waals surface area (Å²) in [5.74, 6) is 2.43. The summed E-state index contributed by atoms with van der Waals surface area (Å²) >= 11 is 0. The van der Waals surface area contributed by atoms with E-state index in [-0.39, 0.29) is 5.54 Å². The maximum Gasteiger partial charge on any atom is 0.0347 e. The highest BCUT2D eigenvalue weighted by Crippen LogP contribution is 2.56. The van der Waals surface area contributed by atoms with Gasteiger partial charge in [-0.2, -0.15) is 0 Å². The second kappa shape index (κ2) is 1.24. The highest BCUT2D eigenvalue weighted by atomic mass is 14.8. The van der Waals surface area contributed by atoms with Crippen LogP contribution in [0, 0.1) is 17.8 Å². The number of hydrogen-bond donors (Lipinski definition) is 1. The van der Waals surface area contributed by atoms with E-state index >= 15 is 0 Å². The molecule has 2 aliphatic rings. The number of rotatable bonds is 0. The maximum atomic E-state index is 5.97. The summed E-state index contributed by atoms with van der Waals surface area (Å²) in [4.78, 5) is 0. The third-order valence-electron chi connectivity index (χ3n) is 2.84. The summed E-state index contributed by atoms with van der Waals surface area (Å²) < 4.78 is 0. The fourth-order valence-electron chi connectivity index (χ4n) is 2.20. The molecule has 0 heterocycles. The first-order chi connectivity index (χ1) is 4.13. The molecule has 1 saturated carbocycles. The Morgan fingerprint density at radius 1 is 1.56 bits per heavy atom. The van der Waals surface area contributed by atoms with Crippen LogP contribution in [0.3, 0.4) is 0 Å². The van der Waals surface area contributed by atoms with Crippen molar-refractivity contribution in [2.75, 3.05) is 0 Å². The Morgan fingerprint density at radius 2 is 2.22 bits per heavy atom. The molecule has 1 fully saturated rings. The van der Waals surface area contributed by atoms with E-state index in [9.17, 15) is 0 Å². The second-order valence-corrected chi connectivity index (χ2v) is 3.69. The fraction of sp³-hybridized carbons (Fsp3) is 0.750. The third kappa shape index (κ3) is 0.531. The second-order valence-electron chi connectivity index (χ2n) is 3.69. The lowest BCUT2D eigenvalue weighted by molar-refractivity contribution is 0.491. The minimum atomic E-state index is 0.0179. The van der Waals surface area contributed by atoms with Gasteiger partial charge in [-0.25, -0.2) is 0 Å². The maximum absolute atomic E-state index is 5.97. The molecule has 0 aromatic heterocycles. The van der Waals surface area contributed by atoms with E-state index in [0.29, 0.717) is 0 Å². The summed E-state index contributed by atoms with van der Waals surface area (Å²) in [6, 6.07) is 0. The molecule has 0 amide bonds. The van der Waals surface area contributed by atoms with Crippen LogP contribution in [0.2, 0.25) is 0 Å². The van der Waals surface area contributed by atoms with E-state index < -0.39 is 0 Å². The fourth-order valence-corrected chi connectivity index (χ4v) is 2.20. The molecule has 1 heteroatoms. The lowest BCUT2D eigenvalue weighted by Gasteiger charge is -2.16. The van der Waals surface area contributed by atoms with Crippen molar-refractivity contribution in [3.8, 4) is 0 Å². The van der Waals surface area contributed by atoms with Crippen molar-refractivity contribution in [2.24, 2.45) is 23.5 Å². The minimum absolute atomic E-state index is 0.0179. The molecule has 0 bridgehead atoms. The first-order valence-corrected chi connectivity index (χ1v) is 3.61. The van der Waals surface area contributed by atoms with Crippen LogP contribution < -0.4 is 5.73 Å². The quantitative estimate of drug-likeness (QED) is 0.480. The van der Waals surface area contributed by atoms with Crippen LogP contribution in [0.15, 0.2) is 12.2 Å². The summed E-state index contributed by atoms with van der Waals surface area (Å²) in [5, 5.41) is 0. The summed E-state index contributed by atoms with van der Waals surface area (Å²) in [5.41, 5.74) is 5.98. The molecule has 0 unspecified atom stereocenters. The standard InChI is InChI=1S/C8H13N/c1-5-6-3-4-8(2,9)7(5)6/h3-7H,9H2,1-2H3/t5-,6-,7+,8-/m0/s1. The van der Waals surface area contributed by atoms with E-state index in [2.05, 4.69) is 26.0 Å². The van der Waals surface area contributed by atoms with Crippen LogP contribution >= 0.6 is 0 Å². The van der Waals surface area contributed by atoms with Gasteiger partial charge >= 0.3 is 0 Å². The molecule has 0 spiro atoms. The molecule has 2 rings (SSSR count). The van der Waals surface area contributed by atoms with E-state index in [0.717, 1.165) is 17.8 Å². The monoisotopic (exact) mass is 123 g/mol. The first kappa shape index (κ1) is 5.48. The van der Waals surface area contributed by atoms with E-state index in [1.165, 1.54) is 0 Å². The zero-order valence-electron chi connectivity index (χ0n) is 5.96. The van der Waals surface area contributed by atoms with Gasteiger partial charge in [0.2, 0.25) is 0 Å². The SMILES string of the molecule is C[C@H]1[C@@H]2C=C[C@](C)(N)[C@H]12. The van der Waals surface area contributed by atoms with Gasteiger partial charge in [0.1, 0.15) is 0 Å². The van der Waals surface area contributed by atoms with E-state index in [4.69, 9.17) is 5.73 Å². The van der Waals surface area contributed by atoms with Gasteiger partial charge in [0.25, 0.3) is 0 Å². The molecule has 2 N–H and O–H groups in total. The molecule has 1 nitrogen and oxygen atoms in total. The van der Waals surface area contributed by atoms with Crippen LogP contribution in [-0.4, -0.2) is 5.54 Å². The Morgan fingerprint density at radius 3 is 2.44 bits per heavy atom. The molecule has 0 aliphatic heterocycles. The van der Waals surface area contributed by atoms with Crippen molar-refractivity contribution in [1.82, 2.24) is 0 Å². The van der Waals surface area contributed by atoms with Crippen molar-refractivity contribution in [3.63, 3.8) is 0 Å². The average molecular weight is 123 g/mol. The molecule has 0 aromatic rings. The van der Waals surface area contributed by atoms with Crippen molar-refractivity contribution < 1.29 is 0 Å². The van der Waals surface area contributed by atoms with Crippen molar-refractivity contribution >= 4 is 0 Å². The molecule has 50 valence electrons. The van der Waals surface area contributed by atoms with Crippen LogP contribution in [0.5, 0.6) is 0 Å². The zero-order valence-corrected chi connectivity index (χ0v) is 5.96. The lowest BCUT2D eigenvalue weighted by Crippen LogP contribution is -2.35.